The number of rotatable bonds is 8. The highest BCUT2D eigenvalue weighted by atomic mass is 35.5. The average Bonchev–Trinajstić information content (AvgIpc) is 3.52. The Morgan fingerprint density at radius 2 is 1.88 bits per heavy atom. The zero-order chi connectivity index (χ0) is 22.3. The van der Waals surface area contributed by atoms with Crippen molar-refractivity contribution in [1.29, 1.82) is 0 Å². The lowest BCUT2D eigenvalue weighted by molar-refractivity contribution is -0.126. The summed E-state index contributed by atoms with van der Waals surface area (Å²) in [5.41, 5.74) is 2.11. The number of halogens is 1. The van der Waals surface area contributed by atoms with E-state index >= 15 is 0 Å². The highest BCUT2D eigenvalue weighted by Gasteiger charge is 2.34. The molecule has 2 amide bonds. The summed E-state index contributed by atoms with van der Waals surface area (Å²) in [7, 11) is 0. The van der Waals surface area contributed by atoms with Crippen LogP contribution in [0.3, 0.4) is 0 Å². The van der Waals surface area contributed by atoms with Crippen molar-refractivity contribution in [3.63, 3.8) is 0 Å². The number of hydrogen-bond donors (Lipinski definition) is 1. The molecule has 1 aromatic heterocycles. The number of benzene rings is 1. The van der Waals surface area contributed by atoms with E-state index < -0.39 is 6.04 Å². The van der Waals surface area contributed by atoms with Gasteiger partial charge >= 0.3 is 0 Å². The van der Waals surface area contributed by atoms with Crippen molar-refractivity contribution in [2.45, 2.75) is 69.9 Å². The first kappa shape index (κ1) is 22.7. The Kier molecular flexibility index (Phi) is 7.69. The molecule has 1 fully saturated rings. The molecule has 2 aliphatic carbocycles. The van der Waals surface area contributed by atoms with Gasteiger partial charge in [-0.25, -0.2) is 0 Å². The van der Waals surface area contributed by atoms with Crippen LogP contribution in [0.1, 0.15) is 79.9 Å². The highest BCUT2D eigenvalue weighted by molar-refractivity contribution is 6.30. The Labute approximate surface area is 194 Å². The zero-order valence-electron chi connectivity index (χ0n) is 18.4. The third-order valence-electron chi connectivity index (χ3n) is 6.50. The minimum absolute atomic E-state index is 0.142. The molecule has 1 saturated carbocycles. The number of carbonyl (C=O) groups is 2. The van der Waals surface area contributed by atoms with Crippen LogP contribution in [-0.2, 0) is 4.79 Å². The van der Waals surface area contributed by atoms with Crippen LogP contribution in [0.15, 0.2) is 58.7 Å². The van der Waals surface area contributed by atoms with Gasteiger partial charge in [0.2, 0.25) is 5.91 Å². The second-order valence-corrected chi connectivity index (χ2v) is 9.21. The molecular formula is C26H31ClN2O3. The van der Waals surface area contributed by atoms with Crippen LogP contribution >= 0.6 is 11.6 Å². The molecular weight excluding hydrogens is 424 g/mol. The Hall–Kier alpha value is -2.53. The molecule has 0 radical (unpaired) electrons. The van der Waals surface area contributed by atoms with Gasteiger partial charge in [0.1, 0.15) is 6.04 Å². The SMILES string of the molecule is O=C(NC1CCCC1)C(c1ccc(Cl)cc1)N(CCC1=CCCCC1)C(=O)c1ccco1. The third kappa shape index (κ3) is 5.63. The number of hydrogen-bond acceptors (Lipinski definition) is 3. The lowest BCUT2D eigenvalue weighted by atomic mass is 9.96. The normalized spacial score (nSPS) is 17.6. The van der Waals surface area contributed by atoms with Crippen molar-refractivity contribution >= 4 is 23.4 Å². The van der Waals surface area contributed by atoms with E-state index in [1.54, 1.807) is 29.2 Å². The van der Waals surface area contributed by atoms with Crippen LogP contribution < -0.4 is 5.32 Å². The number of allylic oxidation sites excluding steroid dienone is 1. The van der Waals surface area contributed by atoms with Crippen molar-refractivity contribution in [2.24, 2.45) is 0 Å². The molecule has 1 atom stereocenters. The van der Waals surface area contributed by atoms with Crippen molar-refractivity contribution < 1.29 is 14.0 Å². The van der Waals surface area contributed by atoms with Gasteiger partial charge < -0.3 is 14.6 Å². The van der Waals surface area contributed by atoms with Gasteiger partial charge in [-0.05, 0) is 74.8 Å². The summed E-state index contributed by atoms with van der Waals surface area (Å²) in [6.07, 6.45) is 13.3. The van der Waals surface area contributed by atoms with Crippen molar-refractivity contribution in [3.05, 3.63) is 70.7 Å². The van der Waals surface area contributed by atoms with Gasteiger partial charge in [0.15, 0.2) is 5.76 Å². The van der Waals surface area contributed by atoms with Crippen LogP contribution in [0.4, 0.5) is 0 Å². The van der Waals surface area contributed by atoms with Crippen LogP contribution in [0, 0.1) is 0 Å². The Balaban J connectivity index is 1.64. The fourth-order valence-electron chi connectivity index (χ4n) is 4.75. The van der Waals surface area contributed by atoms with E-state index in [2.05, 4.69) is 11.4 Å². The first-order chi connectivity index (χ1) is 15.6. The van der Waals surface area contributed by atoms with Gasteiger partial charge in [0.25, 0.3) is 5.91 Å². The summed E-state index contributed by atoms with van der Waals surface area (Å²) in [6, 6.07) is 9.99. The number of amides is 2. The second-order valence-electron chi connectivity index (χ2n) is 8.78. The lowest BCUT2D eigenvalue weighted by Crippen LogP contribution is -2.46. The molecule has 5 nitrogen and oxygen atoms in total. The van der Waals surface area contributed by atoms with E-state index in [1.165, 1.54) is 24.7 Å². The summed E-state index contributed by atoms with van der Waals surface area (Å²) in [5, 5.41) is 3.80. The molecule has 2 aromatic rings. The highest BCUT2D eigenvalue weighted by Crippen LogP contribution is 2.29. The van der Waals surface area contributed by atoms with Crippen LogP contribution in [-0.4, -0.2) is 29.3 Å². The molecule has 2 aliphatic rings. The van der Waals surface area contributed by atoms with Crippen molar-refractivity contribution in [1.82, 2.24) is 10.2 Å². The molecule has 0 aliphatic heterocycles. The van der Waals surface area contributed by atoms with E-state index in [4.69, 9.17) is 16.0 Å². The predicted octanol–water partition coefficient (Wildman–Crippen LogP) is 6.07. The lowest BCUT2D eigenvalue weighted by Gasteiger charge is -2.32. The Morgan fingerprint density at radius 1 is 1.09 bits per heavy atom. The summed E-state index contributed by atoms with van der Waals surface area (Å²) >= 11 is 6.12. The first-order valence-electron chi connectivity index (χ1n) is 11.7. The summed E-state index contributed by atoms with van der Waals surface area (Å²) in [6.45, 7) is 0.455. The van der Waals surface area contributed by atoms with Gasteiger partial charge in [-0.1, -0.05) is 48.2 Å². The quantitative estimate of drug-likeness (QED) is 0.492. The topological polar surface area (TPSA) is 62.6 Å². The fourth-order valence-corrected chi connectivity index (χ4v) is 4.88. The number of carbonyl (C=O) groups excluding carboxylic acids is 2. The summed E-state index contributed by atoms with van der Waals surface area (Å²) in [5.74, 6) is -0.167. The molecule has 170 valence electrons. The minimum atomic E-state index is -0.741. The molecule has 1 unspecified atom stereocenters. The largest absolute Gasteiger partial charge is 0.459 e. The van der Waals surface area contributed by atoms with Crippen LogP contribution in [0.25, 0.3) is 0 Å². The van der Waals surface area contributed by atoms with Crippen molar-refractivity contribution in [2.75, 3.05) is 6.54 Å². The minimum Gasteiger partial charge on any atom is -0.459 e. The zero-order valence-corrected chi connectivity index (χ0v) is 19.2. The number of nitrogens with one attached hydrogen (secondary N) is 1. The van der Waals surface area contributed by atoms with Crippen LogP contribution in [0.2, 0.25) is 5.02 Å². The van der Waals surface area contributed by atoms with Gasteiger partial charge in [-0.3, -0.25) is 9.59 Å². The average molecular weight is 455 g/mol. The maximum Gasteiger partial charge on any atom is 0.290 e. The number of furan rings is 1. The molecule has 0 bridgehead atoms. The molecule has 0 saturated heterocycles. The van der Waals surface area contributed by atoms with Gasteiger partial charge in [0, 0.05) is 17.6 Å². The second kappa shape index (κ2) is 10.9. The monoisotopic (exact) mass is 454 g/mol. The van der Waals surface area contributed by atoms with Crippen LogP contribution in [0.5, 0.6) is 0 Å². The smallest absolute Gasteiger partial charge is 0.290 e. The molecule has 1 aromatic carbocycles. The maximum absolute atomic E-state index is 13.6. The molecule has 4 rings (SSSR count). The van der Waals surface area contributed by atoms with E-state index in [0.717, 1.165) is 50.5 Å². The van der Waals surface area contributed by atoms with Crippen molar-refractivity contribution in [3.8, 4) is 0 Å². The summed E-state index contributed by atoms with van der Waals surface area (Å²) < 4.78 is 5.43. The standard InChI is InChI=1S/C26H31ClN2O3/c27-21-14-12-20(13-15-21)24(25(30)28-22-9-4-5-10-22)29(26(31)23-11-6-18-32-23)17-16-19-7-2-1-3-8-19/h6-7,11-15,18,22,24H,1-5,8-10,16-17H2,(H,28,30). The van der Waals surface area contributed by atoms with Gasteiger partial charge in [-0.15, -0.1) is 0 Å². The molecule has 1 heterocycles. The number of nitrogens with zero attached hydrogens (tertiary/aromatic N) is 1. The van der Waals surface area contributed by atoms with E-state index in [-0.39, 0.29) is 23.6 Å². The Morgan fingerprint density at radius 3 is 2.53 bits per heavy atom. The van der Waals surface area contributed by atoms with E-state index in [9.17, 15) is 9.59 Å². The van der Waals surface area contributed by atoms with Gasteiger partial charge in [-0.2, -0.15) is 0 Å². The first-order valence-corrected chi connectivity index (χ1v) is 12.1. The molecule has 32 heavy (non-hydrogen) atoms. The molecule has 0 spiro atoms. The predicted molar refractivity (Wildman–Crippen MR) is 126 cm³/mol. The Bertz CT molecular complexity index is 930. The fraction of sp³-hybridized carbons (Fsp3) is 0.462. The summed E-state index contributed by atoms with van der Waals surface area (Å²) in [4.78, 5) is 28.7. The third-order valence-corrected chi connectivity index (χ3v) is 6.75. The molecule has 6 heteroatoms. The van der Waals surface area contributed by atoms with E-state index in [0.29, 0.717) is 11.6 Å². The maximum atomic E-state index is 13.6. The van der Waals surface area contributed by atoms with E-state index in [1.807, 2.05) is 12.1 Å². The van der Waals surface area contributed by atoms with Gasteiger partial charge in [0.05, 0.1) is 6.26 Å². The molecule has 1 N–H and O–H groups in total.